The highest BCUT2D eigenvalue weighted by Crippen LogP contribution is 2.43. The van der Waals surface area contributed by atoms with Crippen LogP contribution in [0.25, 0.3) is 22.6 Å². The molecule has 5 rings (SSSR count). The quantitative estimate of drug-likeness (QED) is 0.648. The number of rotatable bonds is 5. The van der Waals surface area contributed by atoms with Gasteiger partial charge in [-0.25, -0.2) is 33.7 Å². The number of aryl methyl sites for hydroxylation is 2. The van der Waals surface area contributed by atoms with Crippen molar-refractivity contribution in [3.8, 4) is 11.4 Å². The Morgan fingerprint density at radius 1 is 1.22 bits per heavy atom. The number of aromatic nitrogens is 6. The van der Waals surface area contributed by atoms with E-state index in [-0.39, 0.29) is 24.8 Å². The van der Waals surface area contributed by atoms with Crippen molar-refractivity contribution in [3.05, 3.63) is 24.5 Å². The first-order valence-electron chi connectivity index (χ1n) is 10.8. The summed E-state index contributed by atoms with van der Waals surface area (Å²) in [5.74, 6) is -1.45. The minimum Gasteiger partial charge on any atom is -0.364 e. The molecule has 1 aliphatic heterocycles. The number of nitrogens with one attached hydrogen (secondary N) is 1. The number of hydrogen-bond acceptors (Lipinski definition) is 7. The molecule has 9 nitrogen and oxygen atoms in total. The Kier molecular flexibility index (Phi) is 4.98. The number of hydrogen-bond donors (Lipinski definition) is 1. The van der Waals surface area contributed by atoms with Crippen molar-refractivity contribution in [3.63, 3.8) is 0 Å². The maximum atomic E-state index is 13.1. The molecule has 2 fully saturated rings. The highest BCUT2D eigenvalue weighted by molar-refractivity contribution is 5.86. The van der Waals surface area contributed by atoms with E-state index in [2.05, 4.69) is 25.3 Å². The summed E-state index contributed by atoms with van der Waals surface area (Å²) in [6.45, 7) is 5.50. The molecule has 11 heteroatoms. The predicted molar refractivity (Wildman–Crippen MR) is 113 cm³/mol. The van der Waals surface area contributed by atoms with Crippen LogP contribution in [0.5, 0.6) is 0 Å². The van der Waals surface area contributed by atoms with Crippen LogP contribution in [0.2, 0.25) is 0 Å². The Morgan fingerprint density at radius 2 is 1.97 bits per heavy atom. The fourth-order valence-electron chi connectivity index (χ4n) is 4.44. The summed E-state index contributed by atoms with van der Waals surface area (Å²) in [5, 5.41) is 3.38. The van der Waals surface area contributed by atoms with Gasteiger partial charge in [0.1, 0.15) is 18.0 Å². The van der Waals surface area contributed by atoms with Gasteiger partial charge in [0, 0.05) is 56.8 Å². The number of halogens is 2. The first kappa shape index (κ1) is 20.7. The van der Waals surface area contributed by atoms with Crippen molar-refractivity contribution in [2.45, 2.75) is 51.6 Å². The van der Waals surface area contributed by atoms with Gasteiger partial charge >= 0.3 is 0 Å². The van der Waals surface area contributed by atoms with E-state index in [0.717, 1.165) is 5.56 Å². The fourth-order valence-corrected chi connectivity index (χ4v) is 4.44. The summed E-state index contributed by atoms with van der Waals surface area (Å²) < 4.78 is 28.3. The molecule has 168 valence electrons. The summed E-state index contributed by atoms with van der Waals surface area (Å²) in [7, 11) is 0. The van der Waals surface area contributed by atoms with E-state index in [0.29, 0.717) is 54.7 Å². The number of amides is 1. The monoisotopic (exact) mass is 442 g/mol. The van der Waals surface area contributed by atoms with Gasteiger partial charge in [0.05, 0.1) is 5.56 Å². The van der Waals surface area contributed by atoms with Gasteiger partial charge in [0.15, 0.2) is 17.0 Å². The average molecular weight is 442 g/mol. The van der Waals surface area contributed by atoms with E-state index < -0.39 is 11.8 Å². The van der Waals surface area contributed by atoms with Crippen molar-refractivity contribution < 1.29 is 13.6 Å². The van der Waals surface area contributed by atoms with Gasteiger partial charge in [-0.05, 0) is 20.3 Å². The molecular formula is C21H24F2N8O. The second kappa shape index (κ2) is 7.72. The second-order valence-corrected chi connectivity index (χ2v) is 8.47. The Hall–Kier alpha value is -3.24. The van der Waals surface area contributed by atoms with Crippen LogP contribution in [0.1, 0.15) is 32.0 Å². The highest BCUT2D eigenvalue weighted by Gasteiger charge is 2.50. The molecule has 0 radical (unpaired) electrons. The van der Waals surface area contributed by atoms with E-state index in [1.807, 2.05) is 18.4 Å². The van der Waals surface area contributed by atoms with Crippen LogP contribution in [-0.4, -0.2) is 65.3 Å². The van der Waals surface area contributed by atoms with Gasteiger partial charge in [0.25, 0.3) is 0 Å². The number of likely N-dealkylation sites (tertiary alicyclic amines) is 1. The lowest BCUT2D eigenvalue weighted by molar-refractivity contribution is -0.158. The van der Waals surface area contributed by atoms with Crippen molar-refractivity contribution in [2.24, 2.45) is 5.92 Å². The van der Waals surface area contributed by atoms with Crippen molar-refractivity contribution in [1.29, 1.82) is 0 Å². The molecule has 1 saturated heterocycles. The topological polar surface area (TPSA) is 102 Å². The number of carbonyl (C=O) groups excluding carboxylic acids is 1. The first-order chi connectivity index (χ1) is 15.3. The molecular weight excluding hydrogens is 418 g/mol. The molecule has 1 aliphatic carbocycles. The molecule has 2 aliphatic rings. The summed E-state index contributed by atoms with van der Waals surface area (Å²) in [5.41, 5.74) is 2.12. The van der Waals surface area contributed by atoms with E-state index in [4.69, 9.17) is 4.98 Å². The third-order valence-electron chi connectivity index (χ3n) is 6.17. The molecule has 0 aromatic carbocycles. The Morgan fingerprint density at radius 3 is 2.66 bits per heavy atom. The SMILES string of the molecule is CCn1c(-c2cnc(C)nc2)nc2c(NC3CCN(C(=O)C4CC(F)(F)C4)C3)ncnc21. The molecule has 1 amide bonds. The van der Waals surface area contributed by atoms with E-state index in [9.17, 15) is 13.6 Å². The number of fused-ring (bicyclic) bond motifs is 1. The molecule has 1 saturated carbocycles. The summed E-state index contributed by atoms with van der Waals surface area (Å²) in [6.07, 6.45) is 5.00. The maximum Gasteiger partial charge on any atom is 0.249 e. The van der Waals surface area contributed by atoms with Gasteiger partial charge in [-0.15, -0.1) is 0 Å². The van der Waals surface area contributed by atoms with Crippen LogP contribution in [0.4, 0.5) is 14.6 Å². The van der Waals surface area contributed by atoms with E-state index in [1.54, 1.807) is 17.3 Å². The van der Waals surface area contributed by atoms with E-state index in [1.165, 1.54) is 6.33 Å². The molecule has 1 N–H and O–H groups in total. The minimum absolute atomic E-state index is 0.0319. The zero-order valence-electron chi connectivity index (χ0n) is 17.9. The Bertz CT molecular complexity index is 1150. The molecule has 1 atom stereocenters. The van der Waals surface area contributed by atoms with Gasteiger partial charge in [0.2, 0.25) is 11.8 Å². The average Bonchev–Trinajstić information content (AvgIpc) is 3.37. The second-order valence-electron chi connectivity index (χ2n) is 8.47. The van der Waals surface area contributed by atoms with Crippen molar-refractivity contribution in [1.82, 2.24) is 34.4 Å². The molecule has 4 heterocycles. The third-order valence-corrected chi connectivity index (χ3v) is 6.17. The zero-order valence-corrected chi connectivity index (χ0v) is 17.9. The van der Waals surface area contributed by atoms with Crippen molar-refractivity contribution >= 4 is 22.9 Å². The molecule has 0 bridgehead atoms. The van der Waals surface area contributed by atoms with Crippen LogP contribution < -0.4 is 5.32 Å². The van der Waals surface area contributed by atoms with Crippen LogP contribution in [0, 0.1) is 12.8 Å². The smallest absolute Gasteiger partial charge is 0.249 e. The number of carbonyl (C=O) groups is 1. The molecule has 0 spiro atoms. The molecule has 1 unspecified atom stereocenters. The van der Waals surface area contributed by atoms with Crippen LogP contribution in [-0.2, 0) is 11.3 Å². The predicted octanol–water partition coefficient (Wildman–Crippen LogP) is 2.67. The van der Waals surface area contributed by atoms with Gasteiger partial charge < -0.3 is 14.8 Å². The third kappa shape index (κ3) is 3.65. The standard InChI is InChI=1S/C21H24F2N8O/c1-3-31-18(14-8-24-12(2)25-9-14)29-16-17(26-11-27-19(16)31)28-15-4-5-30(10-15)20(32)13-6-21(22,23)7-13/h8-9,11,13,15H,3-7,10H2,1-2H3,(H,26,27,28). The zero-order chi connectivity index (χ0) is 22.5. The number of alkyl halides is 2. The lowest BCUT2D eigenvalue weighted by atomic mass is 9.80. The molecule has 3 aromatic heterocycles. The molecule has 3 aromatic rings. The van der Waals surface area contributed by atoms with Crippen LogP contribution in [0.15, 0.2) is 18.7 Å². The summed E-state index contributed by atoms with van der Waals surface area (Å²) >= 11 is 0. The normalized spacial score (nSPS) is 20.5. The fraction of sp³-hybridized carbons (Fsp3) is 0.524. The van der Waals surface area contributed by atoms with Gasteiger partial charge in [-0.1, -0.05) is 0 Å². The molecule has 32 heavy (non-hydrogen) atoms. The van der Waals surface area contributed by atoms with E-state index >= 15 is 0 Å². The Balaban J connectivity index is 1.36. The summed E-state index contributed by atoms with van der Waals surface area (Å²) in [6, 6.07) is -0.0319. The lowest BCUT2D eigenvalue weighted by Crippen LogP contribution is -2.46. The number of anilines is 1. The first-order valence-corrected chi connectivity index (χ1v) is 10.8. The van der Waals surface area contributed by atoms with Crippen LogP contribution >= 0.6 is 0 Å². The van der Waals surface area contributed by atoms with Gasteiger partial charge in [-0.3, -0.25) is 4.79 Å². The highest BCUT2D eigenvalue weighted by atomic mass is 19.3. The number of nitrogens with zero attached hydrogens (tertiary/aromatic N) is 7. The maximum absolute atomic E-state index is 13.1. The van der Waals surface area contributed by atoms with Crippen LogP contribution in [0.3, 0.4) is 0 Å². The lowest BCUT2D eigenvalue weighted by Gasteiger charge is -2.36. The Labute approximate surface area is 183 Å². The van der Waals surface area contributed by atoms with Crippen molar-refractivity contribution in [2.75, 3.05) is 18.4 Å². The minimum atomic E-state index is -2.69. The largest absolute Gasteiger partial charge is 0.364 e. The summed E-state index contributed by atoms with van der Waals surface area (Å²) in [4.78, 5) is 36.3. The number of imidazole rings is 1. The van der Waals surface area contributed by atoms with Gasteiger partial charge in [-0.2, -0.15) is 0 Å².